The number of amides is 3. The first-order chi connectivity index (χ1) is 17.5. The molecule has 5 rings (SSSR count). The summed E-state index contributed by atoms with van der Waals surface area (Å²) in [5, 5.41) is 5.96. The molecule has 0 aromatic heterocycles. The topological polar surface area (TPSA) is 87.7 Å². The lowest BCUT2D eigenvalue weighted by atomic mass is 9.95. The van der Waals surface area contributed by atoms with Crippen LogP contribution in [0.4, 0.5) is 5.69 Å². The van der Waals surface area contributed by atoms with Gasteiger partial charge in [0.1, 0.15) is 11.8 Å². The molecule has 2 aliphatic rings. The van der Waals surface area contributed by atoms with Crippen LogP contribution in [0.2, 0.25) is 0 Å². The average Bonchev–Trinajstić information content (AvgIpc) is 3.02. The highest BCUT2D eigenvalue weighted by Gasteiger charge is 2.40. The van der Waals surface area contributed by atoms with Gasteiger partial charge >= 0.3 is 0 Å². The molecule has 0 spiro atoms. The van der Waals surface area contributed by atoms with Gasteiger partial charge in [-0.1, -0.05) is 18.2 Å². The zero-order valence-corrected chi connectivity index (χ0v) is 20.9. The number of carbonyl (C=O) groups excluding carboxylic acids is 3. The number of ether oxygens (including phenoxy) is 1. The van der Waals surface area contributed by atoms with Gasteiger partial charge in [0.05, 0.1) is 18.4 Å². The second kappa shape index (κ2) is 10.1. The summed E-state index contributed by atoms with van der Waals surface area (Å²) >= 11 is 1.68. The fourth-order valence-corrected chi connectivity index (χ4v) is 5.17. The molecule has 0 aliphatic carbocycles. The van der Waals surface area contributed by atoms with E-state index in [1.807, 2.05) is 30.5 Å². The first-order valence-corrected chi connectivity index (χ1v) is 13.0. The number of nitrogens with one attached hydrogen (secondary N) is 2. The highest BCUT2D eigenvalue weighted by atomic mass is 32.2. The van der Waals surface area contributed by atoms with E-state index in [1.165, 1.54) is 4.90 Å². The number of benzene rings is 3. The van der Waals surface area contributed by atoms with Gasteiger partial charge in [-0.05, 0) is 78.8 Å². The van der Waals surface area contributed by atoms with E-state index in [0.29, 0.717) is 42.0 Å². The number of hydrogen-bond donors (Lipinski definition) is 2. The van der Waals surface area contributed by atoms with Crippen LogP contribution in [0.25, 0.3) is 11.1 Å². The van der Waals surface area contributed by atoms with E-state index in [-0.39, 0.29) is 23.8 Å². The molecule has 0 unspecified atom stereocenters. The molecule has 0 radical (unpaired) electrons. The largest absolute Gasteiger partial charge is 0.497 e. The van der Waals surface area contributed by atoms with Crippen LogP contribution in [0.5, 0.6) is 5.75 Å². The average molecular weight is 502 g/mol. The van der Waals surface area contributed by atoms with Crippen LogP contribution in [0.3, 0.4) is 0 Å². The molecule has 7 nitrogen and oxygen atoms in total. The number of nitrogens with zero attached hydrogens (tertiary/aromatic N) is 1. The van der Waals surface area contributed by atoms with Gasteiger partial charge in [-0.25, -0.2) is 0 Å². The Bertz CT molecular complexity index is 1310. The molecule has 36 heavy (non-hydrogen) atoms. The standard InChI is InChI=1S/C28H27N3O4S/c1-35-21-8-3-18(4-9-21)26(32)29-20-13-14-31-25(16-20)27(33)30-24-12-7-19(15-23(24)28(31)34)17-5-10-22(36-2)11-6-17/h3-12,15,20,25H,13-14,16H2,1-2H3,(H,29,32)(H,30,33)/t20-,25-/m0/s1. The quantitative estimate of drug-likeness (QED) is 0.505. The Balaban J connectivity index is 1.33. The van der Waals surface area contributed by atoms with Gasteiger partial charge in [0.25, 0.3) is 11.8 Å². The zero-order valence-electron chi connectivity index (χ0n) is 20.1. The Labute approximate surface area is 214 Å². The Morgan fingerprint density at radius 1 is 1.03 bits per heavy atom. The molecule has 2 atom stereocenters. The number of anilines is 1. The van der Waals surface area contributed by atoms with E-state index in [4.69, 9.17) is 4.74 Å². The molecule has 0 bridgehead atoms. The summed E-state index contributed by atoms with van der Waals surface area (Å²) in [6.07, 6.45) is 2.96. The van der Waals surface area contributed by atoms with Gasteiger partial charge in [-0.2, -0.15) is 0 Å². The minimum atomic E-state index is -0.649. The Kier molecular flexibility index (Phi) is 6.69. The lowest BCUT2D eigenvalue weighted by molar-refractivity contribution is -0.121. The van der Waals surface area contributed by atoms with Crippen LogP contribution in [0.1, 0.15) is 33.6 Å². The molecule has 1 fully saturated rings. The number of hydrogen-bond acceptors (Lipinski definition) is 5. The van der Waals surface area contributed by atoms with Crippen molar-refractivity contribution in [3.63, 3.8) is 0 Å². The number of methoxy groups -OCH3 is 1. The molecule has 2 aliphatic heterocycles. The summed E-state index contributed by atoms with van der Waals surface area (Å²) in [4.78, 5) is 42.2. The van der Waals surface area contributed by atoms with Crippen LogP contribution in [-0.4, -0.2) is 54.6 Å². The summed E-state index contributed by atoms with van der Waals surface area (Å²) < 4.78 is 5.15. The summed E-state index contributed by atoms with van der Waals surface area (Å²) in [5.74, 6) is 0.0588. The van der Waals surface area contributed by atoms with E-state index in [9.17, 15) is 14.4 Å². The Hall–Kier alpha value is -3.78. The molecular formula is C28H27N3O4S. The third-order valence-electron chi connectivity index (χ3n) is 6.78. The van der Waals surface area contributed by atoms with Crippen molar-refractivity contribution >= 4 is 35.2 Å². The van der Waals surface area contributed by atoms with Gasteiger partial charge in [-0.15, -0.1) is 11.8 Å². The van der Waals surface area contributed by atoms with Gasteiger partial charge in [0.15, 0.2) is 0 Å². The summed E-state index contributed by atoms with van der Waals surface area (Å²) in [7, 11) is 1.57. The van der Waals surface area contributed by atoms with E-state index >= 15 is 0 Å². The van der Waals surface area contributed by atoms with Gasteiger partial charge in [0, 0.05) is 23.0 Å². The number of piperidine rings is 1. The lowest BCUT2D eigenvalue weighted by Gasteiger charge is -2.37. The normalized spacial score (nSPS) is 19.0. The maximum absolute atomic E-state index is 13.5. The van der Waals surface area contributed by atoms with Crippen LogP contribution in [0.15, 0.2) is 71.6 Å². The van der Waals surface area contributed by atoms with Crippen molar-refractivity contribution in [3.8, 4) is 16.9 Å². The first kappa shape index (κ1) is 23.9. The number of rotatable bonds is 5. The van der Waals surface area contributed by atoms with E-state index < -0.39 is 6.04 Å². The molecule has 3 amide bonds. The third-order valence-corrected chi connectivity index (χ3v) is 7.53. The lowest BCUT2D eigenvalue weighted by Crippen LogP contribution is -2.55. The van der Waals surface area contributed by atoms with Crippen LogP contribution >= 0.6 is 11.8 Å². The third kappa shape index (κ3) is 4.68. The second-order valence-corrected chi connectivity index (χ2v) is 9.80. The van der Waals surface area contributed by atoms with Gasteiger partial charge < -0.3 is 20.3 Å². The second-order valence-electron chi connectivity index (χ2n) is 8.92. The predicted molar refractivity (Wildman–Crippen MR) is 141 cm³/mol. The minimum Gasteiger partial charge on any atom is -0.497 e. The molecule has 3 aromatic rings. The number of thioether (sulfide) groups is 1. The van der Waals surface area contributed by atoms with Crippen molar-refractivity contribution < 1.29 is 19.1 Å². The molecule has 2 N–H and O–H groups in total. The zero-order chi connectivity index (χ0) is 25.2. The molecular weight excluding hydrogens is 474 g/mol. The fraction of sp³-hybridized carbons (Fsp3) is 0.250. The Morgan fingerprint density at radius 3 is 2.44 bits per heavy atom. The number of carbonyl (C=O) groups is 3. The first-order valence-electron chi connectivity index (χ1n) is 11.8. The maximum Gasteiger partial charge on any atom is 0.256 e. The van der Waals surface area contributed by atoms with Crippen molar-refractivity contribution in [2.75, 3.05) is 25.2 Å². The summed E-state index contributed by atoms with van der Waals surface area (Å²) in [6, 6.07) is 19.7. The summed E-state index contributed by atoms with van der Waals surface area (Å²) in [5.41, 5.74) is 3.45. The van der Waals surface area contributed by atoms with E-state index in [2.05, 4.69) is 22.8 Å². The van der Waals surface area contributed by atoms with Gasteiger partial charge in [-0.3, -0.25) is 14.4 Å². The smallest absolute Gasteiger partial charge is 0.256 e. The molecule has 8 heteroatoms. The van der Waals surface area contributed by atoms with Crippen LogP contribution in [0, 0.1) is 0 Å². The highest BCUT2D eigenvalue weighted by molar-refractivity contribution is 7.98. The molecule has 0 saturated carbocycles. The SMILES string of the molecule is COc1ccc(C(=O)N[C@H]2CCN3C(=O)c4cc(-c5ccc(SC)cc5)ccc4NC(=O)[C@@H]3C2)cc1. The van der Waals surface area contributed by atoms with E-state index in [0.717, 1.165) is 11.1 Å². The Morgan fingerprint density at radius 2 is 1.75 bits per heavy atom. The minimum absolute atomic E-state index is 0.170. The van der Waals surface area contributed by atoms with Crippen LogP contribution < -0.4 is 15.4 Å². The molecule has 184 valence electrons. The van der Waals surface area contributed by atoms with Crippen molar-refractivity contribution in [1.82, 2.24) is 10.2 Å². The fourth-order valence-electron chi connectivity index (χ4n) is 4.76. The van der Waals surface area contributed by atoms with Crippen molar-refractivity contribution in [2.45, 2.75) is 29.8 Å². The maximum atomic E-state index is 13.5. The molecule has 3 aromatic carbocycles. The molecule has 1 saturated heterocycles. The highest BCUT2D eigenvalue weighted by Crippen LogP contribution is 2.32. The monoisotopic (exact) mass is 501 g/mol. The summed E-state index contributed by atoms with van der Waals surface area (Å²) in [6.45, 7) is 0.385. The van der Waals surface area contributed by atoms with Crippen molar-refractivity contribution in [1.29, 1.82) is 0 Å². The van der Waals surface area contributed by atoms with Crippen molar-refractivity contribution in [3.05, 3.63) is 77.9 Å². The van der Waals surface area contributed by atoms with Crippen molar-refractivity contribution in [2.24, 2.45) is 0 Å². The predicted octanol–water partition coefficient (Wildman–Crippen LogP) is 4.44. The number of fused-ring (bicyclic) bond motifs is 2. The molecule has 2 heterocycles. The van der Waals surface area contributed by atoms with Gasteiger partial charge in [0.2, 0.25) is 5.91 Å². The van der Waals surface area contributed by atoms with Crippen LogP contribution in [-0.2, 0) is 4.79 Å². The van der Waals surface area contributed by atoms with E-state index in [1.54, 1.807) is 54.1 Å².